The molecule has 6 aromatic rings. The lowest BCUT2D eigenvalue weighted by Gasteiger charge is -2.25. The highest BCUT2D eigenvalue weighted by Gasteiger charge is 2.38. The summed E-state index contributed by atoms with van der Waals surface area (Å²) >= 11 is 0. The number of anilines is 6. The van der Waals surface area contributed by atoms with E-state index in [1.807, 2.05) is 0 Å². The standard InChI is InChI=1S/3C21H24F4N4O3.CH4/c3*1-12-9-16(11-27-18(12)26)29-20(31)19(30)28-10-13(2)17(32-21(23,24)25)8-5-14-3-6-15(22)7-4-14;/h3*3-4,6-7,9,11,13,17H,5,8,10H2,1-2H3,(H2,26,27)(H,28,30)(H,29,31);1H4/t13-,17?;2*13-,17+;/m110./s1. The van der Waals surface area contributed by atoms with Crippen molar-refractivity contribution < 1.29 is 95.7 Å². The molecule has 3 aromatic carbocycles. The number of halogens is 12. The summed E-state index contributed by atoms with van der Waals surface area (Å²) in [6.45, 7) is 8.73. The summed E-state index contributed by atoms with van der Waals surface area (Å²) in [5.74, 6) is -8.87. The van der Waals surface area contributed by atoms with Crippen LogP contribution in [0.1, 0.15) is 80.8 Å². The molecule has 0 radical (unpaired) electrons. The number of ether oxygens (including phenoxy) is 3. The van der Waals surface area contributed by atoms with E-state index in [1.54, 1.807) is 20.8 Å². The zero-order valence-electron chi connectivity index (χ0n) is 52.5. The Balaban J connectivity index is 0.000000377. The number of nitrogens with zero attached hydrogens (tertiary/aromatic N) is 3. The lowest BCUT2D eigenvalue weighted by Crippen LogP contribution is -2.41. The van der Waals surface area contributed by atoms with E-state index in [0.717, 1.165) is 0 Å². The fraction of sp³-hybridized carbons (Fsp3) is 0.391. The number of aromatic nitrogens is 3. The van der Waals surface area contributed by atoms with Gasteiger partial charge < -0.3 is 49.1 Å². The number of aryl methyl sites for hydroxylation is 6. The number of carbonyl (C=O) groups excluding carboxylic acids is 6. The van der Waals surface area contributed by atoms with Crippen molar-refractivity contribution >= 4 is 70.0 Å². The van der Waals surface area contributed by atoms with Gasteiger partial charge in [0.2, 0.25) is 0 Å². The molecule has 0 saturated carbocycles. The molecule has 97 heavy (non-hydrogen) atoms. The lowest BCUT2D eigenvalue weighted by molar-refractivity contribution is -0.349. The van der Waals surface area contributed by atoms with Crippen molar-refractivity contribution in [3.05, 3.63) is 160 Å². The number of benzene rings is 3. The Morgan fingerprint density at radius 1 is 0.402 bits per heavy atom. The van der Waals surface area contributed by atoms with Crippen LogP contribution < -0.4 is 49.1 Å². The van der Waals surface area contributed by atoms with Gasteiger partial charge >= 0.3 is 54.5 Å². The van der Waals surface area contributed by atoms with Crippen LogP contribution in [0.15, 0.2) is 110 Å². The van der Waals surface area contributed by atoms with Gasteiger partial charge in [-0.2, -0.15) is 0 Å². The fourth-order valence-corrected chi connectivity index (χ4v) is 8.69. The molecule has 3 heterocycles. The summed E-state index contributed by atoms with van der Waals surface area (Å²) in [5, 5.41) is 13.9. The van der Waals surface area contributed by atoms with Crippen LogP contribution in [0.3, 0.4) is 0 Å². The van der Waals surface area contributed by atoms with E-state index in [-0.39, 0.29) is 100 Å². The third kappa shape index (κ3) is 31.2. The van der Waals surface area contributed by atoms with Gasteiger partial charge in [0.05, 0.1) is 54.0 Å². The normalized spacial score (nSPS) is 13.2. The van der Waals surface area contributed by atoms with E-state index in [9.17, 15) is 81.5 Å². The van der Waals surface area contributed by atoms with Gasteiger partial charge in [-0.25, -0.2) is 28.1 Å². The van der Waals surface area contributed by atoms with Gasteiger partial charge in [0.15, 0.2) is 0 Å². The highest BCUT2D eigenvalue weighted by Crippen LogP contribution is 2.29. The first kappa shape index (κ1) is 81.6. The van der Waals surface area contributed by atoms with Gasteiger partial charge in [0, 0.05) is 37.4 Å². The number of carbonyl (C=O) groups is 6. The van der Waals surface area contributed by atoms with Gasteiger partial charge in [-0.1, -0.05) is 64.6 Å². The molecule has 0 aliphatic rings. The summed E-state index contributed by atoms with van der Waals surface area (Å²) in [4.78, 5) is 83.9. The minimum Gasteiger partial charge on any atom is -0.383 e. The summed E-state index contributed by atoms with van der Waals surface area (Å²) in [5.41, 5.74) is 21.3. The molecule has 1 unspecified atom stereocenters. The van der Waals surface area contributed by atoms with E-state index in [0.29, 0.717) is 33.4 Å². The Kier molecular flexibility index (Phi) is 32.1. The van der Waals surface area contributed by atoms with Crippen molar-refractivity contribution in [1.82, 2.24) is 30.9 Å². The molecule has 0 aliphatic heterocycles. The van der Waals surface area contributed by atoms with Crippen LogP contribution in [-0.4, -0.2) is 107 Å². The van der Waals surface area contributed by atoms with Gasteiger partial charge in [-0.3, -0.25) is 43.0 Å². The molecular formula is C64H76F12N12O9. The number of nitrogens with two attached hydrogens (primary N) is 3. The van der Waals surface area contributed by atoms with Crippen molar-refractivity contribution in [2.24, 2.45) is 17.8 Å². The molecule has 0 fully saturated rings. The van der Waals surface area contributed by atoms with Gasteiger partial charge in [0.1, 0.15) is 34.9 Å². The largest absolute Gasteiger partial charge is 0.522 e. The summed E-state index contributed by atoms with van der Waals surface area (Å²) < 4.78 is 167. The average Bonchev–Trinajstić information content (AvgIpc) is 1.68. The summed E-state index contributed by atoms with van der Waals surface area (Å²) in [7, 11) is 0. The summed E-state index contributed by atoms with van der Waals surface area (Å²) in [6.07, 6.45) is -14.1. The third-order valence-corrected chi connectivity index (χ3v) is 14.2. The molecule has 6 rings (SSSR count). The lowest BCUT2D eigenvalue weighted by atomic mass is 9.97. The predicted molar refractivity (Wildman–Crippen MR) is 336 cm³/mol. The second-order valence-electron chi connectivity index (χ2n) is 22.0. The number of hydrogen-bond donors (Lipinski definition) is 9. The number of alkyl halides is 9. The number of nitrogen functional groups attached to an aromatic ring is 3. The molecule has 3 aromatic heterocycles. The predicted octanol–water partition coefficient (Wildman–Crippen LogP) is 10.7. The van der Waals surface area contributed by atoms with Gasteiger partial charge in [0.25, 0.3) is 0 Å². The highest BCUT2D eigenvalue weighted by atomic mass is 19.4. The van der Waals surface area contributed by atoms with Crippen LogP contribution in [0.5, 0.6) is 0 Å². The quantitative estimate of drug-likeness (QED) is 0.0201. The molecule has 6 amide bonds. The van der Waals surface area contributed by atoms with Gasteiger partial charge in [-0.05, 0) is 147 Å². The molecule has 0 spiro atoms. The van der Waals surface area contributed by atoms with Crippen molar-refractivity contribution in [3.63, 3.8) is 0 Å². The Labute approximate surface area is 550 Å². The van der Waals surface area contributed by atoms with E-state index < -0.39 is 108 Å². The average molecular weight is 1390 g/mol. The molecule has 0 saturated heterocycles. The maximum absolute atomic E-state index is 13.0. The zero-order valence-corrected chi connectivity index (χ0v) is 52.5. The molecular weight excluding hydrogens is 1310 g/mol. The van der Waals surface area contributed by atoms with Gasteiger partial charge in [-0.15, -0.1) is 39.5 Å². The minimum absolute atomic E-state index is 0. The molecule has 0 bridgehead atoms. The number of nitrogens with one attached hydrogen (secondary N) is 6. The molecule has 21 nitrogen and oxygen atoms in total. The third-order valence-electron chi connectivity index (χ3n) is 14.2. The Bertz CT molecular complexity index is 3170. The smallest absolute Gasteiger partial charge is 0.383 e. The van der Waals surface area contributed by atoms with E-state index in [1.165, 1.54) is 130 Å². The van der Waals surface area contributed by atoms with Crippen LogP contribution in [-0.2, 0) is 62.2 Å². The SMILES string of the molecule is C.Cc1cc(NC(=O)C(=O)NC[C@@H](C)C(CCc2ccc(F)cc2)OC(F)(F)F)cnc1N.Cc1cc(NC(=O)C(=O)NC[C@@H](C)[C@H](CCc2ccc(F)cc2)OC(F)(F)F)cnc1N.Cc1cc(NC(=O)C(=O)NC[C@H](C)[C@@H](CCc2ccc(F)cc2)OC(F)(F)F)cnc1N. The number of amides is 6. The zero-order chi connectivity index (χ0) is 71.7. The summed E-state index contributed by atoms with van der Waals surface area (Å²) in [6, 6.07) is 20.7. The van der Waals surface area contributed by atoms with Crippen LogP contribution in [0, 0.1) is 56.0 Å². The minimum atomic E-state index is -4.87. The van der Waals surface area contributed by atoms with Crippen molar-refractivity contribution in [2.75, 3.05) is 52.8 Å². The number of hydrogen-bond acceptors (Lipinski definition) is 15. The molecule has 12 N–H and O–H groups in total. The van der Waals surface area contributed by atoms with E-state index >= 15 is 0 Å². The first-order valence-corrected chi connectivity index (χ1v) is 29.2. The molecule has 530 valence electrons. The van der Waals surface area contributed by atoms with Crippen molar-refractivity contribution in [3.8, 4) is 0 Å². The number of rotatable bonds is 24. The monoisotopic (exact) mass is 1380 g/mol. The van der Waals surface area contributed by atoms with Crippen LogP contribution in [0.25, 0.3) is 0 Å². The maximum atomic E-state index is 13.0. The van der Waals surface area contributed by atoms with Crippen LogP contribution in [0.4, 0.5) is 87.2 Å². The van der Waals surface area contributed by atoms with Crippen LogP contribution >= 0.6 is 0 Å². The van der Waals surface area contributed by atoms with Crippen molar-refractivity contribution in [2.45, 2.75) is 125 Å². The first-order chi connectivity index (χ1) is 44.8. The van der Waals surface area contributed by atoms with E-state index in [4.69, 9.17) is 17.2 Å². The first-order valence-electron chi connectivity index (χ1n) is 29.2. The molecule has 33 heteroatoms. The maximum Gasteiger partial charge on any atom is 0.522 e. The van der Waals surface area contributed by atoms with Crippen LogP contribution in [0.2, 0.25) is 0 Å². The Morgan fingerprint density at radius 2 is 0.619 bits per heavy atom. The molecule has 0 aliphatic carbocycles. The molecule has 6 atom stereocenters. The number of pyridine rings is 3. The highest BCUT2D eigenvalue weighted by molar-refractivity contribution is 6.40. The fourth-order valence-electron chi connectivity index (χ4n) is 8.69. The van der Waals surface area contributed by atoms with E-state index in [2.05, 4.69) is 61.1 Å². The topological polar surface area (TPSA) is 319 Å². The Morgan fingerprint density at radius 3 is 0.814 bits per heavy atom. The Hall–Kier alpha value is -9.63. The second-order valence-corrected chi connectivity index (χ2v) is 22.0. The van der Waals surface area contributed by atoms with Crippen molar-refractivity contribution in [1.29, 1.82) is 0 Å². The second kappa shape index (κ2) is 38.2.